The molecular weight excluding hydrogens is 305 g/mol. The minimum absolute atomic E-state index is 0. The fraction of sp³-hybridized carbons (Fsp3) is 0.917. The lowest BCUT2D eigenvalue weighted by Gasteiger charge is -2.36. The van der Waals surface area contributed by atoms with Gasteiger partial charge in [0.15, 0.2) is 0 Å². The first-order chi connectivity index (χ1) is 8.16. The van der Waals surface area contributed by atoms with Crippen LogP contribution >= 0.6 is 36.6 Å². The Bertz CT molecular complexity index is 268. The Kier molecular flexibility index (Phi) is 9.45. The van der Waals surface area contributed by atoms with Crippen molar-refractivity contribution in [3.63, 3.8) is 0 Å². The maximum absolute atomic E-state index is 12.2. The van der Waals surface area contributed by atoms with E-state index in [1.807, 2.05) is 16.7 Å². The van der Waals surface area contributed by atoms with Gasteiger partial charge in [-0.2, -0.15) is 0 Å². The fourth-order valence-corrected chi connectivity index (χ4v) is 3.37. The number of thioether (sulfide) groups is 1. The molecule has 19 heavy (non-hydrogen) atoms. The van der Waals surface area contributed by atoms with Crippen molar-refractivity contribution >= 4 is 42.5 Å². The minimum Gasteiger partial charge on any atom is -0.339 e. The molecule has 0 aliphatic carbocycles. The topological polar surface area (TPSA) is 35.6 Å². The molecule has 2 heterocycles. The smallest absolute Gasteiger partial charge is 0.240 e. The van der Waals surface area contributed by atoms with E-state index >= 15 is 0 Å². The summed E-state index contributed by atoms with van der Waals surface area (Å²) in [4.78, 5) is 16.7. The van der Waals surface area contributed by atoms with Gasteiger partial charge in [-0.15, -0.1) is 36.6 Å². The van der Waals surface area contributed by atoms with Crippen molar-refractivity contribution in [3.05, 3.63) is 0 Å². The largest absolute Gasteiger partial charge is 0.339 e. The average molecular weight is 330 g/mol. The Morgan fingerprint density at radius 1 is 1.26 bits per heavy atom. The van der Waals surface area contributed by atoms with E-state index in [0.29, 0.717) is 11.8 Å². The monoisotopic (exact) mass is 329 g/mol. The average Bonchev–Trinajstić information content (AvgIpc) is 2.82. The third-order valence-corrected chi connectivity index (χ3v) is 4.26. The third kappa shape index (κ3) is 5.68. The van der Waals surface area contributed by atoms with Crippen LogP contribution in [0.25, 0.3) is 0 Å². The Morgan fingerprint density at radius 3 is 2.37 bits per heavy atom. The van der Waals surface area contributed by atoms with Crippen molar-refractivity contribution in [2.75, 3.05) is 44.4 Å². The van der Waals surface area contributed by atoms with Gasteiger partial charge in [0, 0.05) is 44.4 Å². The van der Waals surface area contributed by atoms with E-state index in [-0.39, 0.29) is 30.9 Å². The summed E-state index contributed by atoms with van der Waals surface area (Å²) >= 11 is 1.81. The van der Waals surface area contributed by atoms with E-state index in [1.165, 1.54) is 0 Å². The molecule has 0 bridgehead atoms. The molecule has 2 aliphatic heterocycles. The van der Waals surface area contributed by atoms with Crippen LogP contribution in [0, 0.1) is 5.92 Å². The molecule has 114 valence electrons. The van der Waals surface area contributed by atoms with Crippen LogP contribution in [0.3, 0.4) is 0 Å². The molecule has 0 saturated carbocycles. The Balaban J connectivity index is 0.00000162. The molecule has 0 aromatic heterocycles. The summed E-state index contributed by atoms with van der Waals surface area (Å²) < 4.78 is 0. The molecule has 4 nitrogen and oxygen atoms in total. The number of halogens is 2. The first-order valence-corrected chi connectivity index (χ1v) is 7.64. The van der Waals surface area contributed by atoms with Crippen molar-refractivity contribution in [2.24, 2.45) is 5.92 Å². The Labute approximate surface area is 132 Å². The normalized spacial score (nSPS) is 23.9. The predicted molar refractivity (Wildman–Crippen MR) is 86.6 cm³/mol. The molecule has 2 rings (SSSR count). The van der Waals surface area contributed by atoms with Gasteiger partial charge in [-0.1, -0.05) is 13.8 Å². The van der Waals surface area contributed by atoms with Gasteiger partial charge in [0.25, 0.3) is 0 Å². The molecule has 0 spiro atoms. The number of hydrogen-bond acceptors (Lipinski definition) is 4. The summed E-state index contributed by atoms with van der Waals surface area (Å²) in [6.45, 7) is 9.50. The second kappa shape index (κ2) is 9.29. The molecule has 0 aromatic rings. The van der Waals surface area contributed by atoms with Crippen molar-refractivity contribution in [3.8, 4) is 0 Å². The molecular formula is C12H25Cl2N3OS. The Morgan fingerprint density at radius 2 is 1.89 bits per heavy atom. The van der Waals surface area contributed by atoms with E-state index in [4.69, 9.17) is 0 Å². The zero-order chi connectivity index (χ0) is 12.3. The summed E-state index contributed by atoms with van der Waals surface area (Å²) in [5, 5.41) is 3.26. The number of carbonyl (C=O) groups is 1. The fourth-order valence-electron chi connectivity index (χ4n) is 2.44. The van der Waals surface area contributed by atoms with Gasteiger partial charge in [-0.3, -0.25) is 15.0 Å². The number of piperazine rings is 1. The number of nitrogens with one attached hydrogen (secondary N) is 1. The first kappa shape index (κ1) is 19.3. The number of nitrogens with zero attached hydrogens (tertiary/aromatic N) is 2. The SMILES string of the molecule is CC(C)CN1CCN(C(=O)C2CSCN2)CC1.Cl.Cl. The number of rotatable bonds is 3. The van der Waals surface area contributed by atoms with Crippen molar-refractivity contribution in [2.45, 2.75) is 19.9 Å². The lowest BCUT2D eigenvalue weighted by molar-refractivity contribution is -0.134. The van der Waals surface area contributed by atoms with E-state index in [1.54, 1.807) is 0 Å². The lowest BCUT2D eigenvalue weighted by atomic mass is 10.2. The maximum Gasteiger partial charge on any atom is 0.240 e. The second-order valence-electron chi connectivity index (χ2n) is 5.29. The van der Waals surface area contributed by atoms with Crippen LogP contribution in [-0.4, -0.2) is 66.1 Å². The summed E-state index contributed by atoms with van der Waals surface area (Å²) in [5.41, 5.74) is 0. The number of hydrogen-bond donors (Lipinski definition) is 1. The van der Waals surface area contributed by atoms with E-state index in [9.17, 15) is 4.79 Å². The highest BCUT2D eigenvalue weighted by atomic mass is 35.5. The van der Waals surface area contributed by atoms with Crippen LogP contribution in [0.4, 0.5) is 0 Å². The molecule has 1 atom stereocenters. The molecule has 2 saturated heterocycles. The molecule has 0 radical (unpaired) electrons. The predicted octanol–water partition coefficient (Wildman–Crippen LogP) is 1.29. The van der Waals surface area contributed by atoms with Crippen LogP contribution in [0.1, 0.15) is 13.8 Å². The van der Waals surface area contributed by atoms with Crippen LogP contribution in [0.15, 0.2) is 0 Å². The van der Waals surface area contributed by atoms with Crippen LogP contribution in [0.2, 0.25) is 0 Å². The van der Waals surface area contributed by atoms with Gasteiger partial charge >= 0.3 is 0 Å². The third-order valence-electron chi connectivity index (χ3n) is 3.32. The summed E-state index contributed by atoms with van der Waals surface area (Å²) in [7, 11) is 0. The maximum atomic E-state index is 12.2. The standard InChI is InChI=1S/C12H23N3OS.2ClH/c1-10(2)7-14-3-5-15(6-4-14)12(16)11-8-17-9-13-11;;/h10-11,13H,3-9H2,1-2H3;2*1H. The minimum atomic E-state index is 0. The van der Waals surface area contributed by atoms with Crippen molar-refractivity contribution in [1.29, 1.82) is 0 Å². The van der Waals surface area contributed by atoms with Gasteiger partial charge in [0.1, 0.15) is 0 Å². The van der Waals surface area contributed by atoms with Crippen LogP contribution in [-0.2, 0) is 4.79 Å². The number of amides is 1. The van der Waals surface area contributed by atoms with Gasteiger partial charge in [-0.05, 0) is 5.92 Å². The zero-order valence-electron chi connectivity index (χ0n) is 11.6. The van der Waals surface area contributed by atoms with Crippen LogP contribution < -0.4 is 5.32 Å². The first-order valence-electron chi connectivity index (χ1n) is 6.49. The highest BCUT2D eigenvalue weighted by Gasteiger charge is 2.29. The summed E-state index contributed by atoms with van der Waals surface area (Å²) in [6, 6.07) is 0.0663. The number of carbonyl (C=O) groups excluding carboxylic acids is 1. The summed E-state index contributed by atoms with van der Waals surface area (Å²) in [5.74, 6) is 2.87. The van der Waals surface area contributed by atoms with E-state index in [2.05, 4.69) is 24.1 Å². The molecule has 1 amide bonds. The van der Waals surface area contributed by atoms with Gasteiger partial charge in [-0.25, -0.2) is 0 Å². The van der Waals surface area contributed by atoms with Gasteiger partial charge in [0.05, 0.1) is 6.04 Å². The quantitative estimate of drug-likeness (QED) is 0.846. The van der Waals surface area contributed by atoms with Gasteiger partial charge in [0.2, 0.25) is 5.91 Å². The second-order valence-corrected chi connectivity index (χ2v) is 6.32. The molecule has 1 unspecified atom stereocenters. The highest BCUT2D eigenvalue weighted by Crippen LogP contribution is 2.13. The molecule has 7 heteroatoms. The van der Waals surface area contributed by atoms with E-state index in [0.717, 1.165) is 44.4 Å². The molecule has 2 aliphatic rings. The molecule has 0 aromatic carbocycles. The van der Waals surface area contributed by atoms with Crippen molar-refractivity contribution < 1.29 is 4.79 Å². The summed E-state index contributed by atoms with van der Waals surface area (Å²) in [6.07, 6.45) is 0. The van der Waals surface area contributed by atoms with Crippen LogP contribution in [0.5, 0.6) is 0 Å². The highest BCUT2D eigenvalue weighted by molar-refractivity contribution is 7.99. The Hall–Kier alpha value is 0.320. The zero-order valence-corrected chi connectivity index (χ0v) is 14.1. The lowest BCUT2D eigenvalue weighted by Crippen LogP contribution is -2.54. The molecule has 2 fully saturated rings. The molecule has 1 N–H and O–H groups in total. The van der Waals surface area contributed by atoms with Gasteiger partial charge < -0.3 is 4.90 Å². The van der Waals surface area contributed by atoms with E-state index < -0.39 is 0 Å². The van der Waals surface area contributed by atoms with Crippen molar-refractivity contribution in [1.82, 2.24) is 15.1 Å².